The van der Waals surface area contributed by atoms with Crippen LogP contribution in [-0.4, -0.2) is 64.1 Å². The van der Waals surface area contributed by atoms with E-state index < -0.39 is 17.6 Å². The second-order valence-electron chi connectivity index (χ2n) is 11.4. The Morgan fingerprint density at radius 1 is 1.10 bits per heavy atom. The van der Waals surface area contributed by atoms with Gasteiger partial charge in [-0.3, -0.25) is 9.69 Å². The van der Waals surface area contributed by atoms with E-state index in [2.05, 4.69) is 15.1 Å². The average Bonchev–Trinajstić information content (AvgIpc) is 3.42. The van der Waals surface area contributed by atoms with Crippen LogP contribution in [-0.2, 0) is 47.6 Å². The molecule has 4 heterocycles. The van der Waals surface area contributed by atoms with Gasteiger partial charge < -0.3 is 18.9 Å². The van der Waals surface area contributed by atoms with E-state index in [0.717, 1.165) is 11.4 Å². The van der Waals surface area contributed by atoms with E-state index in [1.165, 1.54) is 11.0 Å². The number of rotatable bonds is 6. The molecule has 6 rings (SSSR count). The molecule has 0 aliphatic carbocycles. The fourth-order valence-electron chi connectivity index (χ4n) is 6.19. The second kappa shape index (κ2) is 9.97. The van der Waals surface area contributed by atoms with E-state index in [1.54, 1.807) is 18.5 Å². The van der Waals surface area contributed by atoms with Crippen LogP contribution in [0.5, 0.6) is 0 Å². The monoisotopic (exact) mass is 555 g/mol. The van der Waals surface area contributed by atoms with Crippen LogP contribution in [0.2, 0.25) is 0 Å². The Kier molecular flexibility index (Phi) is 6.71. The van der Waals surface area contributed by atoms with Gasteiger partial charge in [-0.05, 0) is 54.8 Å². The molecule has 2 atom stereocenters. The maximum Gasteiger partial charge on any atom is 0.416 e. The third-order valence-electron chi connectivity index (χ3n) is 8.14. The molecule has 0 spiro atoms. The van der Waals surface area contributed by atoms with Gasteiger partial charge in [-0.1, -0.05) is 12.1 Å². The molecule has 2 aromatic carbocycles. The number of morpholine rings is 1. The van der Waals surface area contributed by atoms with Gasteiger partial charge in [-0.15, -0.1) is 10.2 Å². The van der Waals surface area contributed by atoms with E-state index in [9.17, 15) is 18.0 Å². The molecule has 0 bridgehead atoms. The molecule has 212 valence electrons. The maximum atomic E-state index is 14.3. The highest BCUT2D eigenvalue weighted by atomic mass is 19.4. The molecule has 0 N–H and O–H groups in total. The summed E-state index contributed by atoms with van der Waals surface area (Å²) >= 11 is 0. The van der Waals surface area contributed by atoms with Crippen molar-refractivity contribution in [3.05, 3.63) is 76.4 Å². The number of aromatic nitrogens is 3. The molecule has 0 saturated carbocycles. The van der Waals surface area contributed by atoms with E-state index >= 15 is 0 Å². The number of carbonyl (C=O) groups excluding carboxylic acids is 1. The molecule has 2 unspecified atom stereocenters. The summed E-state index contributed by atoms with van der Waals surface area (Å²) in [6, 6.07) is 10.3. The van der Waals surface area contributed by atoms with Gasteiger partial charge in [0.05, 0.1) is 37.5 Å². The first-order valence-electron chi connectivity index (χ1n) is 13.5. The number of benzene rings is 2. The zero-order chi connectivity index (χ0) is 28.2. The third-order valence-corrected chi connectivity index (χ3v) is 8.14. The minimum Gasteiger partial charge on any atom is -0.379 e. The van der Waals surface area contributed by atoms with Gasteiger partial charge >= 0.3 is 6.18 Å². The predicted molar refractivity (Wildman–Crippen MR) is 141 cm³/mol. The van der Waals surface area contributed by atoms with Crippen LogP contribution in [0.1, 0.15) is 52.3 Å². The molecule has 3 aromatic rings. The smallest absolute Gasteiger partial charge is 0.379 e. The number of amides is 1. The molecule has 3 aliphatic heterocycles. The minimum atomic E-state index is -4.58. The molecule has 2 saturated heterocycles. The third kappa shape index (κ3) is 4.90. The zero-order valence-electron chi connectivity index (χ0n) is 22.7. The molecule has 3 aliphatic rings. The van der Waals surface area contributed by atoms with Crippen LogP contribution >= 0.6 is 0 Å². The van der Waals surface area contributed by atoms with E-state index in [4.69, 9.17) is 9.47 Å². The number of anilines is 1. The highest BCUT2D eigenvalue weighted by Gasteiger charge is 2.43. The Hall–Kier alpha value is -3.28. The van der Waals surface area contributed by atoms with Gasteiger partial charge in [0.1, 0.15) is 12.2 Å². The lowest BCUT2D eigenvalue weighted by atomic mass is 9.75. The second-order valence-corrected chi connectivity index (χ2v) is 11.4. The lowest BCUT2D eigenvalue weighted by Crippen LogP contribution is -2.49. The van der Waals surface area contributed by atoms with Crippen molar-refractivity contribution in [2.24, 2.45) is 7.05 Å². The average molecular weight is 556 g/mol. The summed E-state index contributed by atoms with van der Waals surface area (Å²) in [5.41, 5.74) is 1.05. The molecule has 40 heavy (non-hydrogen) atoms. The Balaban J connectivity index is 1.30. The summed E-state index contributed by atoms with van der Waals surface area (Å²) in [4.78, 5) is 17.2. The normalized spacial score (nSPS) is 22.9. The number of hydrogen-bond donors (Lipinski definition) is 0. The summed E-state index contributed by atoms with van der Waals surface area (Å²) in [5, 5.41) is 8.18. The van der Waals surface area contributed by atoms with Crippen LogP contribution in [0.15, 0.2) is 42.7 Å². The molecular formula is C29H32F3N5O3. The Morgan fingerprint density at radius 2 is 1.85 bits per heavy atom. The number of carbonyl (C=O) groups is 1. The predicted octanol–water partition coefficient (Wildman–Crippen LogP) is 4.11. The summed E-state index contributed by atoms with van der Waals surface area (Å²) < 4.78 is 56.1. The fourth-order valence-corrected chi connectivity index (χ4v) is 6.19. The first kappa shape index (κ1) is 26.9. The number of fused-ring (bicyclic) bond motifs is 1. The summed E-state index contributed by atoms with van der Waals surface area (Å²) in [6.07, 6.45) is -2.36. The number of nitrogens with zero attached hydrogens (tertiary/aromatic N) is 5. The van der Waals surface area contributed by atoms with Crippen LogP contribution in [0.25, 0.3) is 0 Å². The van der Waals surface area contributed by atoms with Crippen LogP contribution in [0.4, 0.5) is 18.9 Å². The highest BCUT2D eigenvalue weighted by Crippen LogP contribution is 2.42. The first-order chi connectivity index (χ1) is 19.0. The lowest BCUT2D eigenvalue weighted by molar-refractivity contribution is -0.138. The fraction of sp³-hybridized carbons (Fsp3) is 0.483. The van der Waals surface area contributed by atoms with Crippen molar-refractivity contribution in [3.63, 3.8) is 0 Å². The number of hydrogen-bond acceptors (Lipinski definition) is 6. The Bertz CT molecular complexity index is 1420. The summed E-state index contributed by atoms with van der Waals surface area (Å²) in [5.74, 6) is 0.389. The quantitative estimate of drug-likeness (QED) is 0.456. The molecular weight excluding hydrogens is 523 g/mol. The number of aryl methyl sites for hydroxylation is 1. The zero-order valence-corrected chi connectivity index (χ0v) is 22.7. The van der Waals surface area contributed by atoms with Crippen molar-refractivity contribution in [1.29, 1.82) is 0 Å². The van der Waals surface area contributed by atoms with Crippen molar-refractivity contribution in [1.82, 2.24) is 19.7 Å². The van der Waals surface area contributed by atoms with Crippen LogP contribution < -0.4 is 4.90 Å². The molecule has 1 aromatic heterocycles. The summed E-state index contributed by atoms with van der Waals surface area (Å²) in [6.45, 7) is 6.30. The molecule has 8 nitrogen and oxygen atoms in total. The van der Waals surface area contributed by atoms with E-state index in [-0.39, 0.29) is 35.3 Å². The largest absolute Gasteiger partial charge is 0.416 e. The van der Waals surface area contributed by atoms with Crippen molar-refractivity contribution in [3.8, 4) is 0 Å². The lowest BCUT2D eigenvalue weighted by Gasteiger charge is -2.42. The van der Waals surface area contributed by atoms with Crippen molar-refractivity contribution < 1.29 is 27.4 Å². The number of alkyl halides is 3. The van der Waals surface area contributed by atoms with Gasteiger partial charge in [0.2, 0.25) is 0 Å². The van der Waals surface area contributed by atoms with Gasteiger partial charge in [0, 0.05) is 49.8 Å². The van der Waals surface area contributed by atoms with E-state index in [0.29, 0.717) is 50.5 Å². The van der Waals surface area contributed by atoms with Gasteiger partial charge in [0.25, 0.3) is 5.91 Å². The SMILES string of the molecule is CC1CN(Cc2cc3c(c(C(F)(F)F)c2)CN(c2cccc(C4(Cc5nncn5C)COC4)c2)C3=O)CC(C)O1. The highest BCUT2D eigenvalue weighted by molar-refractivity contribution is 6.10. The Labute approximate surface area is 230 Å². The topological polar surface area (TPSA) is 72.7 Å². The Morgan fingerprint density at radius 3 is 2.48 bits per heavy atom. The van der Waals surface area contributed by atoms with Crippen LogP contribution in [0.3, 0.4) is 0 Å². The van der Waals surface area contributed by atoms with Gasteiger partial charge in [0.15, 0.2) is 0 Å². The van der Waals surface area contributed by atoms with Gasteiger partial charge in [-0.2, -0.15) is 13.2 Å². The van der Waals surface area contributed by atoms with Crippen molar-refractivity contribution in [2.45, 2.75) is 57.2 Å². The molecule has 2 fully saturated rings. The molecule has 11 heteroatoms. The van der Waals surface area contributed by atoms with Crippen LogP contribution in [0, 0.1) is 0 Å². The summed E-state index contributed by atoms with van der Waals surface area (Å²) in [7, 11) is 1.88. The van der Waals surface area contributed by atoms with Crippen molar-refractivity contribution in [2.75, 3.05) is 31.2 Å². The minimum absolute atomic E-state index is 0.0114. The standard InChI is InChI=1S/C29H32F3N5O3/c1-18-11-36(12-19(2)40-18)13-20-7-23-24(25(8-20)29(30,31)32)14-37(27(23)38)22-6-4-5-21(9-22)28(15-39-16-28)10-26-34-33-17-35(26)3/h4-9,17-19H,10-16H2,1-3H3. The number of ether oxygens (including phenoxy) is 2. The van der Waals surface area contributed by atoms with E-state index in [1.807, 2.05) is 43.7 Å². The molecule has 1 amide bonds. The number of halogens is 3. The van der Waals surface area contributed by atoms with Crippen molar-refractivity contribution >= 4 is 11.6 Å². The van der Waals surface area contributed by atoms with Gasteiger partial charge in [-0.25, -0.2) is 0 Å². The first-order valence-corrected chi connectivity index (χ1v) is 13.5. The maximum absolute atomic E-state index is 14.3. The molecule has 0 radical (unpaired) electrons.